The van der Waals surface area contributed by atoms with Crippen molar-refractivity contribution in [3.8, 4) is 0 Å². The van der Waals surface area contributed by atoms with Crippen molar-refractivity contribution in [1.29, 1.82) is 0 Å². The number of rotatable bonds is 4. The molecule has 72 valence electrons. The van der Waals surface area contributed by atoms with Crippen LogP contribution in [0.4, 0.5) is 13.2 Å². The van der Waals surface area contributed by atoms with E-state index in [1.165, 1.54) is 7.05 Å². The van der Waals surface area contributed by atoms with Crippen molar-refractivity contribution in [3.63, 3.8) is 0 Å². The number of carbonyl (C=O) groups is 1. The zero-order chi connectivity index (χ0) is 9.78. The van der Waals surface area contributed by atoms with Gasteiger partial charge in [0.1, 0.15) is 0 Å². The Morgan fingerprint density at radius 3 is 2.33 bits per heavy atom. The van der Waals surface area contributed by atoms with Gasteiger partial charge in [0, 0.05) is 6.42 Å². The number of halogens is 3. The highest BCUT2D eigenvalue weighted by Crippen LogP contribution is 2.21. The van der Waals surface area contributed by atoms with Crippen LogP contribution >= 0.6 is 0 Å². The highest BCUT2D eigenvalue weighted by Gasteiger charge is 2.29. The lowest BCUT2D eigenvalue weighted by Crippen LogP contribution is -2.39. The smallest absolute Gasteiger partial charge is 0.368 e. The second kappa shape index (κ2) is 4.30. The number of hydrogen-bond donors (Lipinski definition) is 2. The minimum atomic E-state index is -4.23. The molecule has 0 rings (SSSR count). The molecule has 0 aromatic rings. The van der Waals surface area contributed by atoms with Crippen molar-refractivity contribution < 1.29 is 18.0 Å². The van der Waals surface area contributed by atoms with E-state index in [4.69, 9.17) is 5.73 Å². The molecule has 0 aliphatic rings. The standard InChI is InChI=1S/C6H11F3N2O/c1-11-4(5(10)12)2-3-6(7,8)9/h4,11H,2-3H2,1H3,(H2,10,12). The van der Waals surface area contributed by atoms with Gasteiger partial charge in [-0.3, -0.25) is 4.79 Å². The third kappa shape index (κ3) is 4.95. The Labute approximate surface area is 68.1 Å². The van der Waals surface area contributed by atoms with Crippen LogP contribution in [0.5, 0.6) is 0 Å². The molecule has 0 radical (unpaired) electrons. The minimum absolute atomic E-state index is 0.310. The van der Waals surface area contributed by atoms with E-state index in [1.54, 1.807) is 0 Å². The summed E-state index contributed by atoms with van der Waals surface area (Å²) in [5, 5.41) is 2.40. The van der Waals surface area contributed by atoms with E-state index in [2.05, 4.69) is 5.32 Å². The summed E-state index contributed by atoms with van der Waals surface area (Å²) >= 11 is 0. The van der Waals surface area contributed by atoms with E-state index in [0.717, 1.165) is 0 Å². The molecule has 0 spiro atoms. The molecule has 0 aromatic heterocycles. The second-order valence-electron chi connectivity index (χ2n) is 2.40. The van der Waals surface area contributed by atoms with Crippen LogP contribution in [-0.4, -0.2) is 25.2 Å². The average molecular weight is 184 g/mol. The Balaban J connectivity index is 3.81. The summed E-state index contributed by atoms with van der Waals surface area (Å²) in [6, 6.07) is -0.897. The van der Waals surface area contributed by atoms with Crippen LogP contribution in [0.15, 0.2) is 0 Å². The topological polar surface area (TPSA) is 55.1 Å². The van der Waals surface area contributed by atoms with E-state index in [0.29, 0.717) is 0 Å². The first-order chi connectivity index (χ1) is 5.37. The Kier molecular flexibility index (Phi) is 4.02. The molecule has 6 heteroatoms. The lowest BCUT2D eigenvalue weighted by Gasteiger charge is -2.12. The van der Waals surface area contributed by atoms with Gasteiger partial charge in [0.05, 0.1) is 6.04 Å². The number of likely N-dealkylation sites (N-methyl/N-ethyl adjacent to an activating group) is 1. The Morgan fingerprint density at radius 2 is 2.08 bits per heavy atom. The molecule has 0 aromatic carbocycles. The summed E-state index contributed by atoms with van der Waals surface area (Å²) in [5.41, 5.74) is 4.81. The third-order valence-corrected chi connectivity index (χ3v) is 1.41. The Hall–Kier alpha value is -0.780. The van der Waals surface area contributed by atoms with E-state index in [9.17, 15) is 18.0 Å². The second-order valence-corrected chi connectivity index (χ2v) is 2.40. The zero-order valence-corrected chi connectivity index (χ0v) is 6.61. The summed E-state index contributed by atoms with van der Waals surface area (Å²) in [7, 11) is 1.39. The maximum Gasteiger partial charge on any atom is 0.389 e. The molecule has 0 bridgehead atoms. The van der Waals surface area contributed by atoms with E-state index >= 15 is 0 Å². The van der Waals surface area contributed by atoms with Gasteiger partial charge in [-0.1, -0.05) is 0 Å². The number of primary amides is 1. The molecule has 1 unspecified atom stereocenters. The fraction of sp³-hybridized carbons (Fsp3) is 0.833. The molecule has 1 atom stereocenters. The normalized spacial score (nSPS) is 14.3. The van der Waals surface area contributed by atoms with Gasteiger partial charge < -0.3 is 11.1 Å². The van der Waals surface area contributed by atoms with Crippen LogP contribution in [0.1, 0.15) is 12.8 Å². The summed E-state index contributed by atoms with van der Waals surface area (Å²) < 4.78 is 34.9. The molecular formula is C6H11F3N2O. The summed E-state index contributed by atoms with van der Waals surface area (Å²) in [6.45, 7) is 0. The van der Waals surface area contributed by atoms with Crippen molar-refractivity contribution in [2.75, 3.05) is 7.05 Å². The van der Waals surface area contributed by atoms with Crippen LogP contribution in [-0.2, 0) is 4.79 Å². The maximum atomic E-state index is 11.6. The minimum Gasteiger partial charge on any atom is -0.368 e. The van der Waals surface area contributed by atoms with Gasteiger partial charge >= 0.3 is 6.18 Å². The van der Waals surface area contributed by atoms with Gasteiger partial charge in [-0.15, -0.1) is 0 Å². The van der Waals surface area contributed by atoms with Crippen LogP contribution < -0.4 is 11.1 Å². The SMILES string of the molecule is CNC(CCC(F)(F)F)C(N)=O. The predicted molar refractivity (Wildman–Crippen MR) is 37.3 cm³/mol. The molecule has 0 fully saturated rings. The number of carbonyl (C=O) groups excluding carboxylic acids is 1. The molecule has 1 amide bonds. The Bertz CT molecular complexity index is 157. The molecule has 3 N–H and O–H groups in total. The molecule has 0 saturated heterocycles. The van der Waals surface area contributed by atoms with Crippen molar-refractivity contribution in [2.45, 2.75) is 25.1 Å². The maximum absolute atomic E-state index is 11.6. The summed E-state index contributed by atoms with van der Waals surface area (Å²) in [6.07, 6.45) is -5.54. The first-order valence-corrected chi connectivity index (χ1v) is 3.40. The number of alkyl halides is 3. The van der Waals surface area contributed by atoms with Gasteiger partial charge in [-0.2, -0.15) is 13.2 Å². The molecule has 12 heavy (non-hydrogen) atoms. The molecule has 0 heterocycles. The largest absolute Gasteiger partial charge is 0.389 e. The van der Waals surface area contributed by atoms with Crippen LogP contribution in [0.25, 0.3) is 0 Å². The van der Waals surface area contributed by atoms with Gasteiger partial charge in [-0.25, -0.2) is 0 Å². The fourth-order valence-corrected chi connectivity index (χ4v) is 0.737. The van der Waals surface area contributed by atoms with Crippen LogP contribution in [0, 0.1) is 0 Å². The molecule has 0 aliphatic carbocycles. The van der Waals surface area contributed by atoms with Crippen LogP contribution in [0.2, 0.25) is 0 Å². The number of nitrogens with two attached hydrogens (primary N) is 1. The van der Waals surface area contributed by atoms with Crippen molar-refractivity contribution >= 4 is 5.91 Å². The number of nitrogens with one attached hydrogen (secondary N) is 1. The van der Waals surface area contributed by atoms with Crippen molar-refractivity contribution in [1.82, 2.24) is 5.32 Å². The molecule has 0 saturated carbocycles. The van der Waals surface area contributed by atoms with Gasteiger partial charge in [0.25, 0.3) is 0 Å². The van der Waals surface area contributed by atoms with E-state index < -0.39 is 24.5 Å². The predicted octanol–water partition coefficient (Wildman–Crippen LogP) is 0.402. The molecule has 0 aliphatic heterocycles. The first kappa shape index (κ1) is 11.2. The van der Waals surface area contributed by atoms with Crippen LogP contribution in [0.3, 0.4) is 0 Å². The number of hydrogen-bond acceptors (Lipinski definition) is 2. The highest BCUT2D eigenvalue weighted by atomic mass is 19.4. The fourth-order valence-electron chi connectivity index (χ4n) is 0.737. The monoisotopic (exact) mass is 184 g/mol. The van der Waals surface area contributed by atoms with Gasteiger partial charge in [-0.05, 0) is 13.5 Å². The van der Waals surface area contributed by atoms with E-state index in [1.807, 2.05) is 0 Å². The first-order valence-electron chi connectivity index (χ1n) is 3.40. The van der Waals surface area contributed by atoms with E-state index in [-0.39, 0.29) is 6.42 Å². The average Bonchev–Trinajstić information content (AvgIpc) is 1.85. The Morgan fingerprint density at radius 1 is 1.58 bits per heavy atom. The number of amides is 1. The lowest BCUT2D eigenvalue weighted by atomic mass is 10.1. The quantitative estimate of drug-likeness (QED) is 0.664. The third-order valence-electron chi connectivity index (χ3n) is 1.41. The highest BCUT2D eigenvalue weighted by molar-refractivity contribution is 5.79. The summed E-state index contributed by atoms with van der Waals surface area (Å²) in [5.74, 6) is -0.762. The zero-order valence-electron chi connectivity index (χ0n) is 6.61. The molecule has 3 nitrogen and oxygen atoms in total. The van der Waals surface area contributed by atoms with Crippen molar-refractivity contribution in [3.05, 3.63) is 0 Å². The van der Waals surface area contributed by atoms with Crippen molar-refractivity contribution in [2.24, 2.45) is 5.73 Å². The van der Waals surface area contributed by atoms with Gasteiger partial charge in [0.15, 0.2) is 0 Å². The molecular weight excluding hydrogens is 173 g/mol. The summed E-state index contributed by atoms with van der Waals surface area (Å²) in [4.78, 5) is 10.4. The lowest BCUT2D eigenvalue weighted by molar-refractivity contribution is -0.138. The van der Waals surface area contributed by atoms with Gasteiger partial charge in [0.2, 0.25) is 5.91 Å².